The Morgan fingerprint density at radius 2 is 1.27 bits per heavy atom. The van der Waals surface area contributed by atoms with E-state index in [1.54, 1.807) is 0 Å². The third-order valence-corrected chi connectivity index (χ3v) is 4.22. The first kappa shape index (κ1) is 12.9. The summed E-state index contributed by atoms with van der Waals surface area (Å²) in [5, 5.41) is 3.53. The van der Waals surface area contributed by atoms with Crippen molar-refractivity contribution in [3.8, 4) is 0 Å². The van der Waals surface area contributed by atoms with Crippen molar-refractivity contribution in [3.05, 3.63) is 89.5 Å². The van der Waals surface area contributed by atoms with Crippen molar-refractivity contribution < 1.29 is 0 Å². The van der Waals surface area contributed by atoms with Crippen molar-refractivity contribution >= 4 is 17.1 Å². The van der Waals surface area contributed by atoms with E-state index in [1.807, 2.05) is 12.1 Å². The molecule has 0 spiro atoms. The second-order valence-electron chi connectivity index (χ2n) is 5.50. The summed E-state index contributed by atoms with van der Waals surface area (Å²) in [4.78, 5) is 0. The highest BCUT2D eigenvalue weighted by atomic mass is 15.2. The maximum absolute atomic E-state index is 5.47. The fraction of sp³-hybridized carbons (Fsp3) is 0.0526. The minimum atomic E-state index is 0.237. The van der Waals surface area contributed by atoms with Gasteiger partial charge in [0, 0.05) is 23.0 Å². The SMILES string of the molecule is NNc1ccc(C2c3ccccc3Nc3ccccc32)cc1. The van der Waals surface area contributed by atoms with E-state index in [0.29, 0.717) is 0 Å². The number of nitrogens with two attached hydrogens (primary N) is 1. The Kier molecular flexibility index (Phi) is 3.06. The van der Waals surface area contributed by atoms with E-state index < -0.39 is 0 Å². The lowest BCUT2D eigenvalue weighted by atomic mass is 9.81. The van der Waals surface area contributed by atoms with Crippen molar-refractivity contribution in [1.82, 2.24) is 0 Å². The fourth-order valence-corrected chi connectivity index (χ4v) is 3.17. The fourth-order valence-electron chi connectivity index (χ4n) is 3.17. The van der Waals surface area contributed by atoms with Gasteiger partial charge in [-0.15, -0.1) is 0 Å². The molecule has 0 bridgehead atoms. The molecule has 3 heteroatoms. The average molecular weight is 287 g/mol. The summed E-state index contributed by atoms with van der Waals surface area (Å²) in [6, 6.07) is 25.3. The molecule has 3 nitrogen and oxygen atoms in total. The predicted molar refractivity (Wildman–Crippen MR) is 91.4 cm³/mol. The highest BCUT2D eigenvalue weighted by molar-refractivity contribution is 5.75. The highest BCUT2D eigenvalue weighted by Gasteiger charge is 2.26. The van der Waals surface area contributed by atoms with Crippen molar-refractivity contribution in [2.24, 2.45) is 5.84 Å². The van der Waals surface area contributed by atoms with Crippen LogP contribution in [-0.4, -0.2) is 0 Å². The molecular formula is C19H17N3. The molecule has 3 aromatic rings. The van der Waals surface area contributed by atoms with Crippen molar-refractivity contribution in [3.63, 3.8) is 0 Å². The van der Waals surface area contributed by atoms with Gasteiger partial charge in [-0.25, -0.2) is 0 Å². The first-order valence-corrected chi connectivity index (χ1v) is 7.38. The molecule has 1 heterocycles. The van der Waals surface area contributed by atoms with Crippen LogP contribution in [0.5, 0.6) is 0 Å². The Labute approximate surface area is 129 Å². The van der Waals surface area contributed by atoms with Crippen molar-refractivity contribution in [2.75, 3.05) is 10.7 Å². The molecular weight excluding hydrogens is 270 g/mol. The summed E-state index contributed by atoms with van der Waals surface area (Å²) in [5.74, 6) is 5.71. The van der Waals surface area contributed by atoms with Gasteiger partial charge in [-0.2, -0.15) is 0 Å². The molecule has 3 aromatic carbocycles. The molecule has 0 atom stereocenters. The minimum Gasteiger partial charge on any atom is -0.355 e. The van der Waals surface area contributed by atoms with Crippen LogP contribution in [0.3, 0.4) is 0 Å². The van der Waals surface area contributed by atoms with Crippen LogP contribution in [0.25, 0.3) is 0 Å². The number of nitrogens with one attached hydrogen (secondary N) is 2. The van der Waals surface area contributed by atoms with Crippen LogP contribution in [0.1, 0.15) is 22.6 Å². The average Bonchev–Trinajstić information content (AvgIpc) is 2.60. The largest absolute Gasteiger partial charge is 0.355 e. The maximum atomic E-state index is 5.47. The maximum Gasteiger partial charge on any atom is 0.0485 e. The molecule has 0 amide bonds. The number of benzene rings is 3. The zero-order chi connectivity index (χ0) is 14.9. The second-order valence-corrected chi connectivity index (χ2v) is 5.50. The molecule has 1 aliphatic heterocycles. The molecule has 0 unspecified atom stereocenters. The molecule has 0 aliphatic carbocycles. The Hall–Kier alpha value is -2.78. The van der Waals surface area contributed by atoms with Gasteiger partial charge in [-0.05, 0) is 41.0 Å². The van der Waals surface area contributed by atoms with E-state index >= 15 is 0 Å². The Morgan fingerprint density at radius 3 is 1.82 bits per heavy atom. The van der Waals surface area contributed by atoms with Crippen LogP contribution in [0.4, 0.5) is 17.1 Å². The highest BCUT2D eigenvalue weighted by Crippen LogP contribution is 2.44. The molecule has 4 N–H and O–H groups in total. The van der Waals surface area contributed by atoms with Crippen molar-refractivity contribution in [1.29, 1.82) is 0 Å². The quantitative estimate of drug-likeness (QED) is 0.382. The van der Waals surface area contributed by atoms with Gasteiger partial charge in [-0.1, -0.05) is 48.5 Å². The van der Waals surface area contributed by atoms with Gasteiger partial charge in [0.2, 0.25) is 0 Å². The summed E-state index contributed by atoms with van der Waals surface area (Å²) >= 11 is 0. The summed E-state index contributed by atoms with van der Waals surface area (Å²) in [6.07, 6.45) is 0. The summed E-state index contributed by atoms with van der Waals surface area (Å²) < 4.78 is 0. The van der Waals surface area contributed by atoms with Crippen LogP contribution in [0.15, 0.2) is 72.8 Å². The van der Waals surface area contributed by atoms with Crippen LogP contribution >= 0.6 is 0 Å². The van der Waals surface area contributed by atoms with Gasteiger partial charge in [0.25, 0.3) is 0 Å². The van der Waals surface area contributed by atoms with Gasteiger partial charge in [0.15, 0.2) is 0 Å². The normalized spacial score (nSPS) is 13.0. The van der Waals surface area contributed by atoms with E-state index in [1.165, 1.54) is 28.1 Å². The lowest BCUT2D eigenvalue weighted by Gasteiger charge is -2.29. The third-order valence-electron chi connectivity index (χ3n) is 4.22. The molecule has 0 radical (unpaired) electrons. The predicted octanol–water partition coefficient (Wildman–Crippen LogP) is 4.21. The Balaban J connectivity index is 1.90. The number of hydrogen-bond acceptors (Lipinski definition) is 3. The summed E-state index contributed by atoms with van der Waals surface area (Å²) in [5.41, 5.74) is 9.81. The lowest BCUT2D eigenvalue weighted by Crippen LogP contribution is -2.14. The number of para-hydroxylation sites is 2. The molecule has 1 aliphatic rings. The van der Waals surface area contributed by atoms with Crippen LogP contribution < -0.4 is 16.6 Å². The number of nitrogen functional groups attached to an aromatic ring is 1. The lowest BCUT2D eigenvalue weighted by molar-refractivity contribution is 0.964. The molecule has 0 saturated heterocycles. The smallest absolute Gasteiger partial charge is 0.0485 e. The number of anilines is 3. The topological polar surface area (TPSA) is 50.1 Å². The first-order chi connectivity index (χ1) is 10.9. The summed E-state index contributed by atoms with van der Waals surface area (Å²) in [6.45, 7) is 0. The third kappa shape index (κ3) is 2.03. The van der Waals surface area contributed by atoms with Gasteiger partial charge in [-0.3, -0.25) is 5.84 Å². The second kappa shape index (κ2) is 5.20. The van der Waals surface area contributed by atoms with Gasteiger partial charge < -0.3 is 10.7 Å². The van der Waals surface area contributed by atoms with E-state index in [2.05, 4.69) is 71.4 Å². The van der Waals surface area contributed by atoms with Gasteiger partial charge >= 0.3 is 0 Å². The zero-order valence-electron chi connectivity index (χ0n) is 12.1. The molecule has 0 saturated carbocycles. The van der Waals surface area contributed by atoms with E-state index in [0.717, 1.165) is 5.69 Å². The van der Waals surface area contributed by atoms with Gasteiger partial charge in [0.1, 0.15) is 0 Å². The van der Waals surface area contributed by atoms with Crippen molar-refractivity contribution in [2.45, 2.75) is 5.92 Å². The summed E-state index contributed by atoms with van der Waals surface area (Å²) in [7, 11) is 0. The molecule has 22 heavy (non-hydrogen) atoms. The van der Waals surface area contributed by atoms with Gasteiger partial charge in [0.05, 0.1) is 0 Å². The molecule has 108 valence electrons. The van der Waals surface area contributed by atoms with E-state index in [4.69, 9.17) is 5.84 Å². The van der Waals surface area contributed by atoms with Crippen LogP contribution in [0.2, 0.25) is 0 Å². The Morgan fingerprint density at radius 1 is 0.727 bits per heavy atom. The van der Waals surface area contributed by atoms with E-state index in [-0.39, 0.29) is 5.92 Å². The minimum absolute atomic E-state index is 0.237. The van der Waals surface area contributed by atoms with Crippen LogP contribution in [0, 0.1) is 0 Å². The molecule has 0 fully saturated rings. The standard InChI is InChI=1S/C19H17N3/c20-22-14-11-9-13(10-12-14)19-15-5-1-3-7-17(15)21-18-8-4-2-6-16(18)19/h1-12,19,21-22H,20H2. The number of hydrogen-bond donors (Lipinski definition) is 3. The molecule has 0 aromatic heterocycles. The number of rotatable bonds is 2. The first-order valence-electron chi connectivity index (χ1n) is 7.38. The van der Waals surface area contributed by atoms with Crippen LogP contribution in [-0.2, 0) is 0 Å². The molecule has 4 rings (SSSR count). The monoisotopic (exact) mass is 287 g/mol. The zero-order valence-corrected chi connectivity index (χ0v) is 12.1. The van der Waals surface area contributed by atoms with E-state index in [9.17, 15) is 0 Å². The Bertz CT molecular complexity index is 763. The number of hydrazine groups is 1. The number of fused-ring (bicyclic) bond motifs is 2.